The molecule has 4 nitrogen and oxygen atoms in total. The maximum Gasteiger partial charge on any atom is 0.123 e. The molecule has 102 valence electrons. The van der Waals surface area contributed by atoms with Crippen molar-refractivity contribution >= 4 is 11.4 Å². The fourth-order valence-electron chi connectivity index (χ4n) is 1.68. The lowest BCUT2D eigenvalue weighted by Gasteiger charge is -2.22. The van der Waals surface area contributed by atoms with Crippen molar-refractivity contribution in [1.82, 2.24) is 0 Å². The first-order valence-corrected chi connectivity index (χ1v) is 6.37. The van der Waals surface area contributed by atoms with E-state index in [9.17, 15) is 5.11 Å². The maximum absolute atomic E-state index is 9.32. The number of nitrogens with one attached hydrogen (secondary N) is 1. The average molecular weight is 252 g/mol. The second-order valence-corrected chi connectivity index (χ2v) is 5.13. The molecule has 0 aliphatic carbocycles. The lowest BCUT2D eigenvalue weighted by molar-refractivity contribution is 0.242. The van der Waals surface area contributed by atoms with E-state index in [4.69, 9.17) is 10.5 Å². The highest BCUT2D eigenvalue weighted by Gasteiger charge is 2.12. The molecule has 1 rings (SSSR count). The molecule has 1 aromatic rings. The fourth-order valence-corrected chi connectivity index (χ4v) is 1.68. The van der Waals surface area contributed by atoms with Crippen LogP contribution in [0.1, 0.15) is 27.7 Å². The minimum absolute atomic E-state index is 0.0127. The van der Waals surface area contributed by atoms with Gasteiger partial charge in [0, 0.05) is 23.5 Å². The number of anilines is 2. The summed E-state index contributed by atoms with van der Waals surface area (Å²) in [4.78, 5) is 0. The summed E-state index contributed by atoms with van der Waals surface area (Å²) in [6.07, 6.45) is 0.110. The van der Waals surface area contributed by atoms with Crippen LogP contribution in [0.2, 0.25) is 0 Å². The third-order valence-electron chi connectivity index (χ3n) is 2.65. The highest BCUT2D eigenvalue weighted by atomic mass is 16.5. The largest absolute Gasteiger partial charge is 0.491 e. The first-order chi connectivity index (χ1) is 8.42. The van der Waals surface area contributed by atoms with Gasteiger partial charge in [0.25, 0.3) is 0 Å². The molecule has 0 aliphatic heterocycles. The van der Waals surface area contributed by atoms with Crippen LogP contribution >= 0.6 is 0 Å². The van der Waals surface area contributed by atoms with Crippen molar-refractivity contribution in [2.45, 2.75) is 39.8 Å². The van der Waals surface area contributed by atoms with Crippen LogP contribution in [0.15, 0.2) is 18.2 Å². The number of ether oxygens (including phenoxy) is 1. The third kappa shape index (κ3) is 4.45. The summed E-state index contributed by atoms with van der Waals surface area (Å²) in [5.74, 6) is 1.08. The first kappa shape index (κ1) is 14.6. The molecule has 1 atom stereocenters. The lowest BCUT2D eigenvalue weighted by atomic mass is 10.1. The van der Waals surface area contributed by atoms with Crippen LogP contribution in [0.5, 0.6) is 5.75 Å². The quantitative estimate of drug-likeness (QED) is 0.680. The summed E-state index contributed by atoms with van der Waals surface area (Å²) >= 11 is 0. The van der Waals surface area contributed by atoms with E-state index in [0.29, 0.717) is 11.6 Å². The Balaban J connectivity index is 2.85. The van der Waals surface area contributed by atoms with E-state index in [-0.39, 0.29) is 18.8 Å². The molecule has 1 unspecified atom stereocenters. The van der Waals surface area contributed by atoms with E-state index in [2.05, 4.69) is 19.2 Å². The van der Waals surface area contributed by atoms with Crippen LogP contribution in [0, 0.1) is 5.92 Å². The van der Waals surface area contributed by atoms with Crippen LogP contribution in [0.25, 0.3) is 0 Å². The van der Waals surface area contributed by atoms with Gasteiger partial charge in [-0.25, -0.2) is 0 Å². The molecule has 0 heterocycles. The topological polar surface area (TPSA) is 67.5 Å². The van der Waals surface area contributed by atoms with E-state index in [1.165, 1.54) is 0 Å². The van der Waals surface area contributed by atoms with Crippen LogP contribution in [-0.2, 0) is 0 Å². The van der Waals surface area contributed by atoms with Crippen molar-refractivity contribution < 1.29 is 9.84 Å². The highest BCUT2D eigenvalue weighted by Crippen LogP contribution is 2.24. The van der Waals surface area contributed by atoms with Gasteiger partial charge in [-0.05, 0) is 25.8 Å². The van der Waals surface area contributed by atoms with E-state index >= 15 is 0 Å². The van der Waals surface area contributed by atoms with Crippen LogP contribution in [0.3, 0.4) is 0 Å². The zero-order valence-corrected chi connectivity index (χ0v) is 11.6. The predicted molar refractivity (Wildman–Crippen MR) is 76.0 cm³/mol. The molecule has 0 amide bonds. The van der Waals surface area contributed by atoms with E-state index < -0.39 is 0 Å². The molecule has 0 aliphatic rings. The number of hydrogen-bond acceptors (Lipinski definition) is 4. The number of nitrogen functional groups attached to an aromatic ring is 1. The van der Waals surface area contributed by atoms with Crippen LogP contribution in [-0.4, -0.2) is 23.9 Å². The molecule has 0 radical (unpaired) electrons. The SMILES string of the molecule is CC(C)Oc1cc(N)cc(NC(CO)C(C)C)c1. The summed E-state index contributed by atoms with van der Waals surface area (Å²) in [5.41, 5.74) is 7.37. The van der Waals surface area contributed by atoms with Crippen molar-refractivity contribution in [2.24, 2.45) is 5.92 Å². The van der Waals surface area contributed by atoms with Crippen molar-refractivity contribution in [3.05, 3.63) is 18.2 Å². The standard InChI is InChI=1S/C14H24N2O2/c1-9(2)14(8-17)16-12-5-11(15)6-13(7-12)18-10(3)4/h5-7,9-10,14,16-17H,8,15H2,1-4H3. The van der Waals surface area contributed by atoms with Crippen LogP contribution in [0.4, 0.5) is 11.4 Å². The average Bonchev–Trinajstić information content (AvgIpc) is 2.23. The number of aliphatic hydroxyl groups excluding tert-OH is 1. The van der Waals surface area contributed by atoms with Gasteiger partial charge in [0.15, 0.2) is 0 Å². The fraction of sp³-hybridized carbons (Fsp3) is 0.571. The van der Waals surface area contributed by atoms with Gasteiger partial charge in [0.1, 0.15) is 5.75 Å². The van der Waals surface area contributed by atoms with Gasteiger partial charge in [-0.15, -0.1) is 0 Å². The van der Waals surface area contributed by atoms with Crippen molar-refractivity contribution in [3.63, 3.8) is 0 Å². The summed E-state index contributed by atoms with van der Waals surface area (Å²) < 4.78 is 5.63. The number of benzene rings is 1. The van der Waals surface area contributed by atoms with E-state index in [1.807, 2.05) is 26.0 Å². The Morgan fingerprint density at radius 2 is 1.89 bits per heavy atom. The second-order valence-electron chi connectivity index (χ2n) is 5.13. The minimum Gasteiger partial charge on any atom is -0.491 e. The molecule has 0 fully saturated rings. The molecular weight excluding hydrogens is 228 g/mol. The maximum atomic E-state index is 9.32. The molecule has 4 heteroatoms. The third-order valence-corrected chi connectivity index (χ3v) is 2.65. The Kier molecular flexibility index (Phi) is 5.28. The predicted octanol–water partition coefficient (Wildman–Crippen LogP) is 2.48. The van der Waals surface area contributed by atoms with Gasteiger partial charge in [0.05, 0.1) is 18.8 Å². The summed E-state index contributed by atoms with van der Waals surface area (Å²) in [6, 6.07) is 5.56. The lowest BCUT2D eigenvalue weighted by Crippen LogP contribution is -2.29. The molecular formula is C14H24N2O2. The number of hydrogen-bond donors (Lipinski definition) is 3. The Morgan fingerprint density at radius 3 is 2.39 bits per heavy atom. The normalized spacial score (nSPS) is 12.8. The Bertz CT molecular complexity index is 378. The Hall–Kier alpha value is -1.42. The molecule has 4 N–H and O–H groups in total. The molecule has 1 aromatic carbocycles. The number of rotatable bonds is 6. The molecule has 0 saturated carbocycles. The van der Waals surface area contributed by atoms with Gasteiger partial charge in [-0.3, -0.25) is 0 Å². The minimum atomic E-state index is 0.0127. The van der Waals surface area contributed by atoms with E-state index in [0.717, 1.165) is 11.4 Å². The van der Waals surface area contributed by atoms with Crippen molar-refractivity contribution in [1.29, 1.82) is 0 Å². The zero-order valence-electron chi connectivity index (χ0n) is 11.6. The molecule has 0 bridgehead atoms. The summed E-state index contributed by atoms with van der Waals surface area (Å²) in [7, 11) is 0. The van der Waals surface area contributed by atoms with Crippen molar-refractivity contribution in [3.8, 4) is 5.75 Å². The van der Waals surface area contributed by atoms with Crippen LogP contribution < -0.4 is 15.8 Å². The van der Waals surface area contributed by atoms with Gasteiger partial charge < -0.3 is 20.9 Å². The Labute approximate surface area is 109 Å². The second kappa shape index (κ2) is 6.50. The molecule has 0 aromatic heterocycles. The monoisotopic (exact) mass is 252 g/mol. The zero-order chi connectivity index (χ0) is 13.7. The Morgan fingerprint density at radius 1 is 1.22 bits per heavy atom. The van der Waals surface area contributed by atoms with Gasteiger partial charge in [0.2, 0.25) is 0 Å². The molecule has 0 spiro atoms. The number of nitrogens with two attached hydrogens (primary N) is 1. The first-order valence-electron chi connectivity index (χ1n) is 6.37. The number of aliphatic hydroxyl groups is 1. The summed E-state index contributed by atoms with van der Waals surface area (Å²) in [5, 5.41) is 12.6. The summed E-state index contributed by atoms with van der Waals surface area (Å²) in [6.45, 7) is 8.16. The molecule has 18 heavy (non-hydrogen) atoms. The van der Waals surface area contributed by atoms with Gasteiger partial charge >= 0.3 is 0 Å². The smallest absolute Gasteiger partial charge is 0.123 e. The van der Waals surface area contributed by atoms with Gasteiger partial charge in [-0.2, -0.15) is 0 Å². The van der Waals surface area contributed by atoms with Crippen molar-refractivity contribution in [2.75, 3.05) is 17.7 Å². The van der Waals surface area contributed by atoms with E-state index in [1.54, 1.807) is 6.07 Å². The van der Waals surface area contributed by atoms with Gasteiger partial charge in [-0.1, -0.05) is 13.8 Å². The molecule has 0 saturated heterocycles. The highest BCUT2D eigenvalue weighted by molar-refractivity contribution is 5.59.